The molecule has 136 valence electrons. The van der Waals surface area contributed by atoms with Gasteiger partial charge in [0.1, 0.15) is 12.3 Å². The summed E-state index contributed by atoms with van der Waals surface area (Å²) >= 11 is 0. The maximum absolute atomic E-state index is 11.0. The van der Waals surface area contributed by atoms with E-state index in [4.69, 9.17) is 4.74 Å². The SMILES string of the molecule is CC(C)Oc1ccc(C[NH2+]CC[C@]2(O)C[C@H](C)[NH+](C)C[C@H]2C)cc1. The number of aliphatic hydroxyl groups is 1. The minimum absolute atomic E-state index is 0.212. The van der Waals surface area contributed by atoms with Gasteiger partial charge in [-0.05, 0) is 45.0 Å². The molecule has 4 nitrogen and oxygen atoms in total. The molecule has 4 N–H and O–H groups in total. The molecule has 0 saturated carbocycles. The van der Waals surface area contributed by atoms with Gasteiger partial charge >= 0.3 is 0 Å². The molecule has 0 aromatic heterocycles. The van der Waals surface area contributed by atoms with E-state index in [-0.39, 0.29) is 6.10 Å². The summed E-state index contributed by atoms with van der Waals surface area (Å²) in [5.74, 6) is 1.30. The van der Waals surface area contributed by atoms with Gasteiger partial charge in [0.05, 0.1) is 37.9 Å². The Balaban J connectivity index is 1.76. The Bertz CT molecular complexity index is 503. The predicted octanol–water partition coefficient (Wildman–Crippen LogP) is 0.601. The number of hydrogen-bond acceptors (Lipinski definition) is 2. The highest BCUT2D eigenvalue weighted by atomic mass is 16.5. The van der Waals surface area contributed by atoms with Crippen LogP contribution >= 0.6 is 0 Å². The van der Waals surface area contributed by atoms with E-state index in [0.29, 0.717) is 12.0 Å². The van der Waals surface area contributed by atoms with Gasteiger partial charge in [0.25, 0.3) is 0 Å². The monoisotopic (exact) mass is 336 g/mol. The third-order valence-electron chi connectivity index (χ3n) is 5.50. The Hall–Kier alpha value is -1.10. The van der Waals surface area contributed by atoms with Crippen LogP contribution in [0.3, 0.4) is 0 Å². The summed E-state index contributed by atoms with van der Waals surface area (Å²) in [5.41, 5.74) is 0.803. The first-order valence-corrected chi connectivity index (χ1v) is 9.42. The van der Waals surface area contributed by atoms with Crippen molar-refractivity contribution in [2.24, 2.45) is 5.92 Å². The van der Waals surface area contributed by atoms with E-state index in [2.05, 4.69) is 38.3 Å². The van der Waals surface area contributed by atoms with Crippen LogP contribution in [0.2, 0.25) is 0 Å². The molecule has 4 atom stereocenters. The molecule has 0 radical (unpaired) electrons. The number of quaternary nitrogens is 2. The van der Waals surface area contributed by atoms with Crippen molar-refractivity contribution in [1.29, 1.82) is 0 Å². The Labute approximate surface area is 147 Å². The van der Waals surface area contributed by atoms with Crippen LogP contribution < -0.4 is 15.0 Å². The van der Waals surface area contributed by atoms with Crippen molar-refractivity contribution < 1.29 is 20.1 Å². The van der Waals surface area contributed by atoms with E-state index < -0.39 is 5.60 Å². The summed E-state index contributed by atoms with van der Waals surface area (Å²) in [7, 11) is 2.24. The van der Waals surface area contributed by atoms with Crippen molar-refractivity contribution in [2.45, 2.75) is 64.8 Å². The highest BCUT2D eigenvalue weighted by molar-refractivity contribution is 5.26. The lowest BCUT2D eigenvalue weighted by Gasteiger charge is -2.43. The lowest BCUT2D eigenvalue weighted by Crippen LogP contribution is -3.15. The van der Waals surface area contributed by atoms with Gasteiger partial charge < -0.3 is 20.1 Å². The Kier molecular flexibility index (Phi) is 6.67. The van der Waals surface area contributed by atoms with Crippen LogP contribution in [0.4, 0.5) is 0 Å². The Morgan fingerprint density at radius 2 is 1.96 bits per heavy atom. The highest BCUT2D eigenvalue weighted by Gasteiger charge is 2.43. The molecule has 0 amide bonds. The molecular formula is C20H36N2O2+2. The first kappa shape index (κ1) is 19.2. The molecule has 0 aliphatic carbocycles. The normalized spacial score (nSPS) is 30.5. The number of nitrogens with one attached hydrogen (secondary N) is 1. The fraction of sp³-hybridized carbons (Fsp3) is 0.700. The molecule has 1 aliphatic heterocycles. The average Bonchev–Trinajstić information content (AvgIpc) is 2.51. The number of ether oxygens (including phenoxy) is 1. The summed E-state index contributed by atoms with van der Waals surface area (Å²) in [6, 6.07) is 8.89. The van der Waals surface area contributed by atoms with E-state index in [9.17, 15) is 5.11 Å². The second-order valence-corrected chi connectivity index (χ2v) is 8.00. The molecule has 0 bridgehead atoms. The minimum atomic E-state index is -0.496. The minimum Gasteiger partial charge on any atom is -0.491 e. The number of benzene rings is 1. The third-order valence-corrected chi connectivity index (χ3v) is 5.50. The van der Waals surface area contributed by atoms with Gasteiger partial charge in [0.15, 0.2) is 0 Å². The van der Waals surface area contributed by atoms with E-state index in [0.717, 1.165) is 38.2 Å². The van der Waals surface area contributed by atoms with Crippen molar-refractivity contribution in [3.8, 4) is 5.75 Å². The van der Waals surface area contributed by atoms with Gasteiger partial charge in [-0.3, -0.25) is 0 Å². The maximum Gasteiger partial charge on any atom is 0.119 e. The smallest absolute Gasteiger partial charge is 0.119 e. The quantitative estimate of drug-likeness (QED) is 0.639. The molecule has 24 heavy (non-hydrogen) atoms. The Morgan fingerprint density at radius 3 is 2.58 bits per heavy atom. The van der Waals surface area contributed by atoms with Gasteiger partial charge in [-0.25, -0.2) is 0 Å². The molecule has 2 rings (SSSR count). The molecule has 4 heteroatoms. The van der Waals surface area contributed by atoms with Gasteiger partial charge in [0.2, 0.25) is 0 Å². The number of rotatable bonds is 7. The van der Waals surface area contributed by atoms with E-state index >= 15 is 0 Å². The number of hydrogen-bond donors (Lipinski definition) is 3. The summed E-state index contributed by atoms with van der Waals surface area (Å²) in [4.78, 5) is 1.54. The van der Waals surface area contributed by atoms with E-state index in [1.165, 1.54) is 5.56 Å². The predicted molar refractivity (Wildman–Crippen MR) is 97.3 cm³/mol. The third kappa shape index (κ3) is 5.20. The molecular weight excluding hydrogens is 300 g/mol. The van der Waals surface area contributed by atoms with E-state index in [1.54, 1.807) is 4.90 Å². The lowest BCUT2D eigenvalue weighted by atomic mass is 9.77. The average molecular weight is 337 g/mol. The Morgan fingerprint density at radius 1 is 1.29 bits per heavy atom. The van der Waals surface area contributed by atoms with Crippen molar-refractivity contribution in [3.63, 3.8) is 0 Å². The maximum atomic E-state index is 11.0. The zero-order chi connectivity index (χ0) is 17.7. The zero-order valence-electron chi connectivity index (χ0n) is 16.0. The number of likely N-dealkylation sites (tertiary alicyclic amines) is 1. The lowest BCUT2D eigenvalue weighted by molar-refractivity contribution is -0.916. The standard InChI is InChI=1S/C20H34N2O2/c1-15(2)24-19-8-6-18(7-9-19)13-21-11-10-20(23)12-17(4)22(5)14-16(20)3/h6-9,15-17,21,23H,10-14H2,1-5H3/p+2/t16-,17+,20+/m1/s1. The van der Waals surface area contributed by atoms with Crippen molar-refractivity contribution >= 4 is 0 Å². The van der Waals surface area contributed by atoms with Crippen molar-refractivity contribution in [1.82, 2.24) is 0 Å². The fourth-order valence-corrected chi connectivity index (χ4v) is 3.73. The van der Waals surface area contributed by atoms with Crippen LogP contribution in [0.1, 0.15) is 46.1 Å². The summed E-state index contributed by atoms with van der Waals surface area (Å²) < 4.78 is 5.67. The molecule has 1 aromatic rings. The van der Waals surface area contributed by atoms with Crippen LogP contribution in [0.15, 0.2) is 24.3 Å². The van der Waals surface area contributed by atoms with Gasteiger partial charge in [-0.2, -0.15) is 0 Å². The molecule has 1 aliphatic rings. The van der Waals surface area contributed by atoms with Crippen LogP contribution in [0.25, 0.3) is 0 Å². The zero-order valence-corrected chi connectivity index (χ0v) is 16.0. The molecule has 1 fully saturated rings. The van der Waals surface area contributed by atoms with Crippen LogP contribution in [-0.2, 0) is 6.54 Å². The second kappa shape index (κ2) is 8.32. The second-order valence-electron chi connectivity index (χ2n) is 8.00. The molecule has 1 unspecified atom stereocenters. The van der Waals surface area contributed by atoms with Crippen LogP contribution in [0.5, 0.6) is 5.75 Å². The van der Waals surface area contributed by atoms with Gasteiger partial charge in [-0.15, -0.1) is 0 Å². The van der Waals surface area contributed by atoms with Gasteiger partial charge in [-0.1, -0.05) is 6.92 Å². The summed E-state index contributed by atoms with van der Waals surface area (Å²) in [5, 5.41) is 13.3. The fourth-order valence-electron chi connectivity index (χ4n) is 3.73. The largest absolute Gasteiger partial charge is 0.491 e. The molecule has 0 spiro atoms. The van der Waals surface area contributed by atoms with Crippen molar-refractivity contribution in [3.05, 3.63) is 29.8 Å². The molecule has 1 heterocycles. The van der Waals surface area contributed by atoms with Gasteiger partial charge in [0, 0.05) is 24.3 Å². The highest BCUT2D eigenvalue weighted by Crippen LogP contribution is 2.27. The van der Waals surface area contributed by atoms with Crippen molar-refractivity contribution in [2.75, 3.05) is 20.1 Å². The first-order valence-electron chi connectivity index (χ1n) is 9.42. The number of piperidine rings is 1. The summed E-state index contributed by atoms with van der Waals surface area (Å²) in [6.07, 6.45) is 2.00. The van der Waals surface area contributed by atoms with Crippen LogP contribution in [0, 0.1) is 5.92 Å². The van der Waals surface area contributed by atoms with Crippen LogP contribution in [-0.4, -0.2) is 43.0 Å². The van der Waals surface area contributed by atoms with E-state index in [1.807, 2.05) is 26.0 Å². The molecule has 1 aromatic carbocycles. The number of nitrogens with two attached hydrogens (primary N) is 1. The molecule has 1 saturated heterocycles. The summed E-state index contributed by atoms with van der Waals surface area (Å²) in [6.45, 7) is 11.5. The topological polar surface area (TPSA) is 50.5 Å². The first-order chi connectivity index (χ1) is 11.3.